The van der Waals surface area contributed by atoms with Crippen molar-refractivity contribution in [1.82, 2.24) is 4.90 Å². The maximum atomic E-state index is 12.7. The number of likely N-dealkylation sites (tertiary alicyclic amines) is 1. The zero-order valence-corrected chi connectivity index (χ0v) is 16.3. The molecule has 5 heteroatoms. The Kier molecular flexibility index (Phi) is 5.47. The highest BCUT2D eigenvalue weighted by Crippen LogP contribution is 2.24. The predicted molar refractivity (Wildman–Crippen MR) is 112 cm³/mol. The summed E-state index contributed by atoms with van der Waals surface area (Å²) < 4.78 is 10.8. The van der Waals surface area contributed by atoms with Crippen LogP contribution in [0.2, 0.25) is 0 Å². The van der Waals surface area contributed by atoms with Gasteiger partial charge in [-0.15, -0.1) is 0 Å². The molecule has 29 heavy (non-hydrogen) atoms. The van der Waals surface area contributed by atoms with E-state index in [4.69, 9.17) is 9.15 Å². The van der Waals surface area contributed by atoms with Crippen molar-refractivity contribution in [1.29, 1.82) is 0 Å². The Morgan fingerprint density at radius 1 is 1.07 bits per heavy atom. The van der Waals surface area contributed by atoms with Crippen LogP contribution < -0.4 is 4.74 Å². The van der Waals surface area contributed by atoms with Gasteiger partial charge < -0.3 is 14.1 Å². The molecule has 1 saturated heterocycles. The van der Waals surface area contributed by atoms with E-state index in [1.807, 2.05) is 30.3 Å². The molecule has 2 heterocycles. The number of carbonyl (C=O) groups excluding carboxylic acids is 2. The highest BCUT2D eigenvalue weighted by Gasteiger charge is 2.27. The SMILES string of the molecule is COc1ccc(C(=O)C2CCN(C(=O)/C=C/c3cc4ccccc4o3)CC2)cc1. The molecule has 2 aromatic carbocycles. The molecule has 1 aliphatic rings. The van der Waals surface area contributed by atoms with Crippen LogP contribution in [0.15, 0.2) is 65.1 Å². The minimum atomic E-state index is -0.0548. The first kappa shape index (κ1) is 19.0. The molecule has 1 fully saturated rings. The first-order valence-corrected chi connectivity index (χ1v) is 9.78. The molecule has 1 amide bonds. The lowest BCUT2D eigenvalue weighted by Crippen LogP contribution is -2.39. The van der Waals surface area contributed by atoms with Crippen molar-refractivity contribution in [2.45, 2.75) is 12.8 Å². The molecule has 148 valence electrons. The third kappa shape index (κ3) is 4.24. The summed E-state index contributed by atoms with van der Waals surface area (Å²) in [5, 5.41) is 1.01. The smallest absolute Gasteiger partial charge is 0.246 e. The number of Topliss-reactive ketones (excluding diaryl/α,β-unsaturated/α-hetero) is 1. The quantitative estimate of drug-likeness (QED) is 0.474. The van der Waals surface area contributed by atoms with Gasteiger partial charge in [-0.1, -0.05) is 18.2 Å². The number of methoxy groups -OCH3 is 1. The second kappa shape index (κ2) is 8.35. The third-order valence-corrected chi connectivity index (χ3v) is 5.39. The molecule has 0 spiro atoms. The van der Waals surface area contributed by atoms with Gasteiger partial charge in [0.25, 0.3) is 0 Å². The fourth-order valence-corrected chi connectivity index (χ4v) is 3.70. The van der Waals surface area contributed by atoms with E-state index in [0.29, 0.717) is 37.3 Å². The maximum Gasteiger partial charge on any atom is 0.246 e. The van der Waals surface area contributed by atoms with E-state index in [9.17, 15) is 9.59 Å². The highest BCUT2D eigenvalue weighted by atomic mass is 16.5. The fourth-order valence-electron chi connectivity index (χ4n) is 3.70. The van der Waals surface area contributed by atoms with E-state index in [2.05, 4.69) is 0 Å². The van der Waals surface area contributed by atoms with Crippen LogP contribution in [0.1, 0.15) is 29.0 Å². The topological polar surface area (TPSA) is 59.8 Å². The monoisotopic (exact) mass is 389 g/mol. The summed E-state index contributed by atoms with van der Waals surface area (Å²) in [7, 11) is 1.60. The second-order valence-electron chi connectivity index (χ2n) is 7.21. The number of ketones is 1. The van der Waals surface area contributed by atoms with E-state index in [1.54, 1.807) is 48.4 Å². The number of hydrogen-bond donors (Lipinski definition) is 0. The van der Waals surface area contributed by atoms with E-state index < -0.39 is 0 Å². The summed E-state index contributed by atoms with van der Waals surface area (Å²) in [5.74, 6) is 1.42. The van der Waals surface area contributed by atoms with Crippen LogP contribution in [0.25, 0.3) is 17.0 Å². The largest absolute Gasteiger partial charge is 0.497 e. The lowest BCUT2D eigenvalue weighted by Gasteiger charge is -2.30. The Bertz CT molecular complexity index is 1010. The van der Waals surface area contributed by atoms with E-state index in [1.165, 1.54) is 0 Å². The minimum absolute atomic E-state index is 0.0493. The molecule has 5 nitrogen and oxygen atoms in total. The van der Waals surface area contributed by atoms with Crippen molar-refractivity contribution in [2.24, 2.45) is 5.92 Å². The van der Waals surface area contributed by atoms with Gasteiger partial charge in [0, 0.05) is 36.0 Å². The van der Waals surface area contributed by atoms with Crippen molar-refractivity contribution in [3.05, 3.63) is 72.0 Å². The van der Waals surface area contributed by atoms with E-state index >= 15 is 0 Å². The van der Waals surface area contributed by atoms with Crippen LogP contribution in [-0.2, 0) is 4.79 Å². The highest BCUT2D eigenvalue weighted by molar-refractivity contribution is 5.98. The Balaban J connectivity index is 1.33. The lowest BCUT2D eigenvalue weighted by atomic mass is 9.89. The molecule has 0 atom stereocenters. The lowest BCUT2D eigenvalue weighted by molar-refractivity contribution is -0.127. The number of carbonyl (C=O) groups is 2. The number of hydrogen-bond acceptors (Lipinski definition) is 4. The Morgan fingerprint density at radius 2 is 1.79 bits per heavy atom. The number of amides is 1. The number of fused-ring (bicyclic) bond motifs is 1. The van der Waals surface area contributed by atoms with Crippen LogP contribution in [0.3, 0.4) is 0 Å². The summed E-state index contributed by atoms with van der Waals surface area (Å²) in [6.07, 6.45) is 4.60. The molecule has 0 radical (unpaired) electrons. The van der Waals surface area contributed by atoms with Gasteiger partial charge in [-0.3, -0.25) is 9.59 Å². The Morgan fingerprint density at radius 3 is 2.48 bits per heavy atom. The molecule has 1 aromatic heterocycles. The zero-order chi connectivity index (χ0) is 20.2. The molecule has 0 aliphatic carbocycles. The number of nitrogens with zero attached hydrogens (tertiary/aromatic N) is 1. The molecule has 1 aliphatic heterocycles. The van der Waals surface area contributed by atoms with Gasteiger partial charge in [0.1, 0.15) is 17.1 Å². The second-order valence-corrected chi connectivity index (χ2v) is 7.21. The van der Waals surface area contributed by atoms with Crippen molar-refractivity contribution < 1.29 is 18.7 Å². The number of benzene rings is 2. The van der Waals surface area contributed by atoms with Crippen molar-refractivity contribution in [2.75, 3.05) is 20.2 Å². The third-order valence-electron chi connectivity index (χ3n) is 5.39. The molecule has 3 aromatic rings. The van der Waals surface area contributed by atoms with Gasteiger partial charge in [0.15, 0.2) is 5.78 Å². The fraction of sp³-hybridized carbons (Fsp3) is 0.250. The van der Waals surface area contributed by atoms with Crippen LogP contribution in [0.5, 0.6) is 5.75 Å². The first-order valence-electron chi connectivity index (χ1n) is 9.78. The van der Waals surface area contributed by atoms with Gasteiger partial charge in [-0.05, 0) is 55.3 Å². The molecule has 0 bridgehead atoms. The van der Waals surface area contributed by atoms with Gasteiger partial charge in [0.2, 0.25) is 5.91 Å². The van der Waals surface area contributed by atoms with E-state index in [-0.39, 0.29) is 17.6 Å². The van der Waals surface area contributed by atoms with E-state index in [0.717, 1.165) is 16.7 Å². The van der Waals surface area contributed by atoms with Gasteiger partial charge in [-0.2, -0.15) is 0 Å². The molecule has 0 saturated carbocycles. The Labute approximate surface area is 169 Å². The Hall–Kier alpha value is -3.34. The van der Waals surface area contributed by atoms with Crippen LogP contribution >= 0.6 is 0 Å². The molecular formula is C24H23NO4. The predicted octanol–water partition coefficient (Wildman–Crippen LogP) is 4.58. The normalized spacial score (nSPS) is 15.1. The van der Waals surface area contributed by atoms with Crippen molar-refractivity contribution in [3.8, 4) is 5.75 Å². The maximum absolute atomic E-state index is 12.7. The average Bonchev–Trinajstić information content (AvgIpc) is 3.20. The summed E-state index contributed by atoms with van der Waals surface area (Å²) in [6.45, 7) is 1.16. The number of ether oxygens (including phenoxy) is 1. The zero-order valence-electron chi connectivity index (χ0n) is 16.3. The molecule has 0 unspecified atom stereocenters. The standard InChI is InChI=1S/C24H23NO4/c1-28-20-8-6-17(7-9-20)24(27)18-12-14-25(15-13-18)23(26)11-10-21-16-19-4-2-3-5-22(19)29-21/h2-11,16,18H,12-15H2,1H3/b11-10+. The summed E-state index contributed by atoms with van der Waals surface area (Å²) in [6, 6.07) is 16.9. The molecular weight excluding hydrogens is 366 g/mol. The summed E-state index contributed by atoms with van der Waals surface area (Å²) >= 11 is 0. The van der Waals surface area contributed by atoms with Crippen LogP contribution in [0, 0.1) is 5.92 Å². The average molecular weight is 389 g/mol. The van der Waals surface area contributed by atoms with Gasteiger partial charge in [0.05, 0.1) is 7.11 Å². The molecule has 4 rings (SSSR count). The van der Waals surface area contributed by atoms with Crippen LogP contribution in [0.4, 0.5) is 0 Å². The van der Waals surface area contributed by atoms with Crippen molar-refractivity contribution >= 4 is 28.7 Å². The number of para-hydroxylation sites is 1. The number of rotatable bonds is 5. The number of furan rings is 1. The van der Waals surface area contributed by atoms with Gasteiger partial charge in [-0.25, -0.2) is 0 Å². The van der Waals surface area contributed by atoms with Crippen LogP contribution in [-0.4, -0.2) is 36.8 Å². The first-order chi connectivity index (χ1) is 14.1. The van der Waals surface area contributed by atoms with Gasteiger partial charge >= 0.3 is 0 Å². The van der Waals surface area contributed by atoms with Crippen molar-refractivity contribution in [3.63, 3.8) is 0 Å². The minimum Gasteiger partial charge on any atom is -0.497 e. The summed E-state index contributed by atoms with van der Waals surface area (Å²) in [5.41, 5.74) is 1.50. The summed E-state index contributed by atoms with van der Waals surface area (Å²) in [4.78, 5) is 27.0. The molecule has 0 N–H and O–H groups in total. The number of piperidine rings is 1.